The second-order valence-corrected chi connectivity index (χ2v) is 9.28. The van der Waals surface area contributed by atoms with Crippen molar-refractivity contribution in [1.82, 2.24) is 39.3 Å². The van der Waals surface area contributed by atoms with E-state index in [1.807, 2.05) is 54.8 Å². The van der Waals surface area contributed by atoms with E-state index in [1.54, 1.807) is 4.57 Å². The van der Waals surface area contributed by atoms with E-state index < -0.39 is 0 Å². The number of aromatic amines is 1. The van der Waals surface area contributed by atoms with Gasteiger partial charge >= 0.3 is 5.69 Å². The first-order valence-corrected chi connectivity index (χ1v) is 12.2. The fourth-order valence-corrected chi connectivity index (χ4v) is 4.78. The van der Waals surface area contributed by atoms with Crippen LogP contribution in [0, 0.1) is 12.8 Å². The third-order valence-electron chi connectivity index (χ3n) is 6.88. The van der Waals surface area contributed by atoms with Gasteiger partial charge in [0.1, 0.15) is 5.82 Å². The monoisotopic (exact) mass is 482 g/mol. The van der Waals surface area contributed by atoms with Gasteiger partial charge in [-0.15, -0.1) is 10.2 Å². The summed E-state index contributed by atoms with van der Waals surface area (Å²) in [5.74, 6) is 1.66. The first kappa shape index (κ1) is 22.1. The summed E-state index contributed by atoms with van der Waals surface area (Å²) in [6, 6.07) is 16.1. The molecule has 10 nitrogen and oxygen atoms in total. The molecule has 3 aromatic heterocycles. The van der Waals surface area contributed by atoms with Crippen LogP contribution in [-0.4, -0.2) is 39.3 Å². The predicted octanol–water partition coefficient (Wildman–Crippen LogP) is 2.99. The molecule has 10 heteroatoms. The Balaban J connectivity index is 1.39. The second kappa shape index (κ2) is 8.71. The number of benzene rings is 2. The topological polar surface area (TPSA) is 116 Å². The lowest BCUT2D eigenvalue weighted by atomic mass is 9.98. The van der Waals surface area contributed by atoms with E-state index in [0.717, 1.165) is 35.1 Å². The highest BCUT2D eigenvalue weighted by Crippen LogP contribution is 2.31. The maximum Gasteiger partial charge on any atom is 0.332 e. The summed E-state index contributed by atoms with van der Waals surface area (Å²) in [4.78, 5) is 31.1. The maximum absolute atomic E-state index is 13.5. The van der Waals surface area contributed by atoms with Crippen molar-refractivity contribution in [3.8, 4) is 22.5 Å². The molecule has 0 bridgehead atoms. The van der Waals surface area contributed by atoms with Gasteiger partial charge in [0.25, 0.3) is 5.56 Å². The first-order valence-electron chi connectivity index (χ1n) is 12.2. The number of rotatable bonds is 7. The molecule has 6 rings (SSSR count). The van der Waals surface area contributed by atoms with Crippen LogP contribution in [0.3, 0.4) is 0 Å². The second-order valence-electron chi connectivity index (χ2n) is 9.28. The molecule has 0 atom stereocenters. The quantitative estimate of drug-likeness (QED) is 0.381. The van der Waals surface area contributed by atoms with Gasteiger partial charge < -0.3 is 4.57 Å². The van der Waals surface area contributed by atoms with Gasteiger partial charge in [0.15, 0.2) is 11.2 Å². The smallest absolute Gasteiger partial charge is 0.318 e. The minimum atomic E-state index is -0.267. The molecule has 1 saturated carbocycles. The maximum atomic E-state index is 13.5. The first-order chi connectivity index (χ1) is 17.5. The van der Waals surface area contributed by atoms with Crippen molar-refractivity contribution in [3.05, 3.63) is 80.8 Å². The van der Waals surface area contributed by atoms with Gasteiger partial charge in [0, 0.05) is 25.2 Å². The Hall–Kier alpha value is -4.34. The highest BCUT2D eigenvalue weighted by Gasteiger charge is 2.26. The van der Waals surface area contributed by atoms with Crippen molar-refractivity contribution in [2.24, 2.45) is 5.92 Å². The van der Waals surface area contributed by atoms with Crippen molar-refractivity contribution in [2.75, 3.05) is 0 Å². The van der Waals surface area contributed by atoms with Gasteiger partial charge in [0.05, 0.1) is 0 Å². The number of aromatic nitrogens is 8. The van der Waals surface area contributed by atoms with Crippen LogP contribution in [0.1, 0.15) is 31.2 Å². The summed E-state index contributed by atoms with van der Waals surface area (Å²) in [7, 11) is 0. The summed E-state index contributed by atoms with van der Waals surface area (Å²) < 4.78 is 4.94. The molecule has 1 aliphatic carbocycles. The van der Waals surface area contributed by atoms with E-state index in [-0.39, 0.29) is 11.2 Å². The number of imidazole rings is 1. The Morgan fingerprint density at radius 1 is 0.972 bits per heavy atom. The average Bonchev–Trinajstić information content (AvgIpc) is 3.43. The highest BCUT2D eigenvalue weighted by molar-refractivity contribution is 5.80. The molecule has 0 amide bonds. The van der Waals surface area contributed by atoms with Crippen LogP contribution >= 0.6 is 0 Å². The molecule has 182 valence electrons. The zero-order valence-corrected chi connectivity index (χ0v) is 20.2. The number of nitrogens with zero attached hydrogens (tertiary/aromatic N) is 7. The van der Waals surface area contributed by atoms with Gasteiger partial charge in [-0.2, -0.15) is 5.21 Å². The fraction of sp³-hybridized carbons (Fsp3) is 0.308. The highest BCUT2D eigenvalue weighted by atomic mass is 16.2. The van der Waals surface area contributed by atoms with E-state index >= 15 is 0 Å². The van der Waals surface area contributed by atoms with Crippen LogP contribution < -0.4 is 11.2 Å². The number of hydrogen-bond acceptors (Lipinski definition) is 6. The molecular weight excluding hydrogens is 456 g/mol. The van der Waals surface area contributed by atoms with Crippen molar-refractivity contribution in [2.45, 2.75) is 46.3 Å². The summed E-state index contributed by atoms with van der Waals surface area (Å²) in [6.45, 7) is 5.21. The molecule has 0 saturated heterocycles. The summed E-state index contributed by atoms with van der Waals surface area (Å²) in [5, 5.41) is 14.4. The Bertz CT molecular complexity index is 1670. The number of H-pyrrole nitrogens is 1. The van der Waals surface area contributed by atoms with E-state index in [2.05, 4.69) is 37.7 Å². The Morgan fingerprint density at radius 3 is 2.39 bits per heavy atom. The van der Waals surface area contributed by atoms with Crippen LogP contribution in [0.15, 0.2) is 58.1 Å². The number of aryl methyl sites for hydroxylation is 2. The molecule has 3 heterocycles. The molecule has 0 spiro atoms. The number of hydrogen-bond donors (Lipinski definition) is 1. The molecule has 36 heavy (non-hydrogen) atoms. The van der Waals surface area contributed by atoms with Gasteiger partial charge in [-0.3, -0.25) is 13.9 Å². The van der Waals surface area contributed by atoms with Gasteiger partial charge in [0.2, 0.25) is 5.82 Å². The molecule has 0 radical (unpaired) electrons. The minimum Gasteiger partial charge on any atom is -0.318 e. The molecule has 0 unspecified atom stereocenters. The average molecular weight is 483 g/mol. The Kier molecular flexibility index (Phi) is 5.36. The largest absolute Gasteiger partial charge is 0.332 e. The van der Waals surface area contributed by atoms with Crippen LogP contribution in [0.25, 0.3) is 33.7 Å². The molecule has 0 aliphatic heterocycles. The van der Waals surface area contributed by atoms with Crippen molar-refractivity contribution in [1.29, 1.82) is 0 Å². The van der Waals surface area contributed by atoms with E-state index in [9.17, 15) is 9.59 Å². The molecular formula is C26H26N8O2. The normalized spacial score (nSPS) is 13.5. The SMILES string of the molecule is CCn1c(=O)n(CC2CC2)c(=O)c2c1nc(C)n2Cc1ccc(-c2ccccc2-c2nn[nH]n2)cc1. The van der Waals surface area contributed by atoms with E-state index in [0.29, 0.717) is 48.4 Å². The molecule has 1 fully saturated rings. The van der Waals surface area contributed by atoms with Crippen molar-refractivity contribution >= 4 is 11.2 Å². The lowest BCUT2D eigenvalue weighted by Crippen LogP contribution is -2.41. The summed E-state index contributed by atoms with van der Waals surface area (Å²) >= 11 is 0. The fourth-order valence-electron chi connectivity index (χ4n) is 4.78. The lowest BCUT2D eigenvalue weighted by molar-refractivity contribution is 0.543. The number of tetrazole rings is 1. The van der Waals surface area contributed by atoms with Gasteiger partial charge in [-0.05, 0) is 54.5 Å². The van der Waals surface area contributed by atoms with Crippen LogP contribution in [-0.2, 0) is 19.6 Å². The number of nitrogens with one attached hydrogen (secondary N) is 1. The lowest BCUT2D eigenvalue weighted by Gasteiger charge is -2.12. The summed E-state index contributed by atoms with van der Waals surface area (Å²) in [5.41, 5.74) is 4.38. The molecule has 1 N–H and O–H groups in total. The van der Waals surface area contributed by atoms with E-state index in [1.165, 1.54) is 4.57 Å². The van der Waals surface area contributed by atoms with Crippen LogP contribution in [0.5, 0.6) is 0 Å². The van der Waals surface area contributed by atoms with Crippen LogP contribution in [0.4, 0.5) is 0 Å². The third-order valence-corrected chi connectivity index (χ3v) is 6.88. The third kappa shape index (κ3) is 3.74. The molecule has 2 aromatic carbocycles. The Morgan fingerprint density at radius 2 is 1.72 bits per heavy atom. The molecule has 1 aliphatic rings. The van der Waals surface area contributed by atoms with Gasteiger partial charge in [-0.25, -0.2) is 9.78 Å². The van der Waals surface area contributed by atoms with Crippen LogP contribution in [0.2, 0.25) is 0 Å². The zero-order chi connectivity index (χ0) is 24.8. The zero-order valence-electron chi connectivity index (χ0n) is 20.2. The minimum absolute atomic E-state index is 0.252. The summed E-state index contributed by atoms with van der Waals surface area (Å²) in [6.07, 6.45) is 2.13. The predicted molar refractivity (Wildman–Crippen MR) is 136 cm³/mol. The van der Waals surface area contributed by atoms with Crippen molar-refractivity contribution in [3.63, 3.8) is 0 Å². The van der Waals surface area contributed by atoms with Gasteiger partial charge in [-0.1, -0.05) is 48.5 Å². The number of fused-ring (bicyclic) bond motifs is 1. The van der Waals surface area contributed by atoms with E-state index in [4.69, 9.17) is 0 Å². The standard InChI is InChI=1S/C26H26N8O2/c1-3-32-24-22(25(35)34(26(32)36)15-17-8-9-17)33(16(2)27-24)14-18-10-12-19(13-11-18)20-6-4-5-7-21(20)23-28-30-31-29-23/h4-7,10-13,17H,3,8-9,14-15H2,1-2H3,(H,28,29,30,31). The molecule has 5 aromatic rings. The Labute approximate surface area is 206 Å². The van der Waals surface area contributed by atoms with Crippen molar-refractivity contribution < 1.29 is 0 Å².